The Morgan fingerprint density at radius 1 is 0.460 bits per heavy atom. The maximum Gasteiger partial charge on any atom is 0.252 e. The molecule has 0 saturated heterocycles. The summed E-state index contributed by atoms with van der Waals surface area (Å²) in [4.78, 5) is 8.41. The van der Waals surface area contributed by atoms with Crippen molar-refractivity contribution in [2.45, 2.75) is 108 Å². The van der Waals surface area contributed by atoms with Crippen molar-refractivity contribution in [2.24, 2.45) is 0 Å². The zero-order valence-corrected chi connectivity index (χ0v) is 37.5. The summed E-state index contributed by atoms with van der Waals surface area (Å²) in [6.45, 7) is 12.5. The number of hydrogen-bond donors (Lipinski definition) is 0. The summed E-state index contributed by atoms with van der Waals surface area (Å²) in [7, 11) is 0. The van der Waals surface area contributed by atoms with E-state index in [-0.39, 0.29) is 28.6 Å². The lowest BCUT2D eigenvalue weighted by molar-refractivity contribution is 0.195. The van der Waals surface area contributed by atoms with Gasteiger partial charge in [0.15, 0.2) is 0 Å². The maximum absolute atomic E-state index is 2.92. The van der Waals surface area contributed by atoms with Gasteiger partial charge in [0, 0.05) is 50.6 Å². The van der Waals surface area contributed by atoms with Gasteiger partial charge in [0.2, 0.25) is 0 Å². The minimum Gasteiger partial charge on any atom is -0.335 e. The standard InChI is InChI=1S/C59H56BN3/c1-39-19-18-24-44(33-39)61-51-34-40(2)27-28-48(51)60-49-36-42(41-20-8-6-9-21-41)35-47-55(49)63(57(4)30-15-14-29-56(47,57)3)53-38-45(37-52(61)54(53)60)62-50-26-13-12-25-46(50)59(43-22-10-7-11-23-43)32-17-16-31-58(59,62)5/h6-13,18-28,33-38H,14-17,29-32H2,1-5H3. The average Bonchev–Trinajstić information content (AvgIpc) is 3.67. The number of nitrogens with zero attached hydrogens (tertiary/aromatic N) is 3. The summed E-state index contributed by atoms with van der Waals surface area (Å²) >= 11 is 0. The van der Waals surface area contributed by atoms with Gasteiger partial charge < -0.3 is 14.7 Å². The van der Waals surface area contributed by atoms with Crippen LogP contribution in [0.5, 0.6) is 0 Å². The second kappa shape index (κ2) is 13.0. The molecule has 0 amide bonds. The Labute approximate surface area is 374 Å². The van der Waals surface area contributed by atoms with E-state index in [9.17, 15) is 0 Å². The highest BCUT2D eigenvalue weighted by atomic mass is 15.3. The summed E-state index contributed by atoms with van der Waals surface area (Å²) in [5.41, 5.74) is 23.0. The number of rotatable bonds is 4. The van der Waals surface area contributed by atoms with Crippen LogP contribution in [0.2, 0.25) is 0 Å². The fourth-order valence-corrected chi connectivity index (χ4v) is 14.5. The van der Waals surface area contributed by atoms with Gasteiger partial charge in [-0.1, -0.05) is 142 Å². The van der Waals surface area contributed by atoms with E-state index in [1.807, 2.05) is 0 Å². The first-order chi connectivity index (χ1) is 30.7. The Bertz CT molecular complexity index is 3030. The minimum absolute atomic E-state index is 0.0130. The summed E-state index contributed by atoms with van der Waals surface area (Å²) in [6.07, 6.45) is 9.60. The third kappa shape index (κ3) is 4.72. The van der Waals surface area contributed by atoms with Crippen LogP contribution < -0.4 is 31.1 Å². The SMILES string of the molecule is Cc1cccc(N2c3cc(C)ccc3B3c4cc(-c5ccccc5)cc5c4N(c4cc(N6c7ccccc7C7(c8ccccc8)CCCCC67C)cc2c43)C2(C)CCCCC52C)c1. The fraction of sp³-hybridized carbons (Fsp3) is 0.288. The zero-order chi connectivity index (χ0) is 42.5. The first kappa shape index (κ1) is 37.5. The molecule has 0 N–H and O–H groups in total. The van der Waals surface area contributed by atoms with E-state index in [2.05, 4.69) is 201 Å². The predicted octanol–water partition coefficient (Wildman–Crippen LogP) is 13.1. The van der Waals surface area contributed by atoms with Gasteiger partial charge in [-0.05, 0) is 151 Å². The van der Waals surface area contributed by atoms with E-state index in [4.69, 9.17) is 0 Å². The molecule has 0 spiro atoms. The maximum atomic E-state index is 2.92. The molecule has 2 aliphatic carbocycles. The molecule has 0 bridgehead atoms. The highest BCUT2D eigenvalue weighted by Gasteiger charge is 2.64. The van der Waals surface area contributed by atoms with Crippen LogP contribution in [-0.4, -0.2) is 17.8 Å². The van der Waals surface area contributed by atoms with E-state index in [0.717, 1.165) is 12.8 Å². The van der Waals surface area contributed by atoms with Crippen LogP contribution in [0.3, 0.4) is 0 Å². The molecule has 7 aromatic rings. The Kier molecular flexibility index (Phi) is 7.77. The van der Waals surface area contributed by atoms with Crippen LogP contribution in [0.4, 0.5) is 39.8 Å². The Morgan fingerprint density at radius 2 is 1.16 bits per heavy atom. The molecule has 0 aromatic heterocycles. The third-order valence-electron chi connectivity index (χ3n) is 17.5. The van der Waals surface area contributed by atoms with Crippen molar-refractivity contribution < 1.29 is 0 Å². The van der Waals surface area contributed by atoms with Crippen LogP contribution in [-0.2, 0) is 10.8 Å². The Hall–Kier alpha value is -6.00. The molecule has 3 nitrogen and oxygen atoms in total. The van der Waals surface area contributed by atoms with Crippen molar-refractivity contribution in [1.82, 2.24) is 0 Å². The van der Waals surface area contributed by atoms with Gasteiger partial charge in [-0.3, -0.25) is 0 Å². The van der Waals surface area contributed by atoms with Crippen molar-refractivity contribution in [1.29, 1.82) is 0 Å². The Morgan fingerprint density at radius 3 is 1.97 bits per heavy atom. The number of anilines is 7. The van der Waals surface area contributed by atoms with Gasteiger partial charge in [-0.15, -0.1) is 0 Å². The molecular weight excluding hydrogens is 761 g/mol. The van der Waals surface area contributed by atoms with E-state index < -0.39 is 0 Å². The van der Waals surface area contributed by atoms with Crippen molar-refractivity contribution in [3.05, 3.63) is 179 Å². The molecule has 4 aliphatic heterocycles. The Balaban J connectivity index is 1.16. The van der Waals surface area contributed by atoms with Gasteiger partial charge >= 0.3 is 0 Å². The lowest BCUT2D eigenvalue weighted by atomic mass is 9.33. The van der Waals surface area contributed by atoms with Crippen molar-refractivity contribution in [2.75, 3.05) is 14.7 Å². The molecule has 2 fully saturated rings. The van der Waals surface area contributed by atoms with Crippen LogP contribution in [0.15, 0.2) is 152 Å². The first-order valence-corrected chi connectivity index (χ1v) is 23.8. The molecule has 2 saturated carbocycles. The fourth-order valence-electron chi connectivity index (χ4n) is 14.5. The van der Waals surface area contributed by atoms with E-state index in [0.29, 0.717) is 0 Å². The van der Waals surface area contributed by atoms with Gasteiger partial charge in [0.05, 0.1) is 11.1 Å². The minimum atomic E-state index is -0.176. The van der Waals surface area contributed by atoms with E-state index in [1.54, 1.807) is 5.56 Å². The topological polar surface area (TPSA) is 9.72 Å². The smallest absolute Gasteiger partial charge is 0.252 e. The molecule has 4 heterocycles. The number of benzene rings is 7. The highest BCUT2D eigenvalue weighted by Crippen LogP contribution is 2.66. The normalized spacial score (nSPS) is 25.8. The third-order valence-corrected chi connectivity index (χ3v) is 17.5. The second-order valence-electron chi connectivity index (χ2n) is 20.6. The molecule has 6 aliphatic rings. The average molecular weight is 818 g/mol. The number of aryl methyl sites for hydroxylation is 2. The van der Waals surface area contributed by atoms with Crippen LogP contribution in [0, 0.1) is 13.8 Å². The molecule has 0 radical (unpaired) electrons. The van der Waals surface area contributed by atoms with Crippen LogP contribution in [0.25, 0.3) is 11.1 Å². The summed E-state index contributed by atoms with van der Waals surface area (Å²) in [5.74, 6) is 0. The van der Waals surface area contributed by atoms with E-state index in [1.165, 1.54) is 128 Å². The largest absolute Gasteiger partial charge is 0.335 e. The van der Waals surface area contributed by atoms with E-state index >= 15 is 0 Å². The van der Waals surface area contributed by atoms with Gasteiger partial charge in [-0.25, -0.2) is 0 Å². The molecule has 4 unspecified atom stereocenters. The molecule has 310 valence electrons. The lowest BCUT2D eigenvalue weighted by Gasteiger charge is -2.54. The monoisotopic (exact) mass is 817 g/mol. The van der Waals surface area contributed by atoms with Crippen LogP contribution >= 0.6 is 0 Å². The number of para-hydroxylation sites is 1. The van der Waals surface area contributed by atoms with Gasteiger partial charge in [-0.2, -0.15) is 0 Å². The van der Waals surface area contributed by atoms with Crippen molar-refractivity contribution in [3.63, 3.8) is 0 Å². The molecule has 4 heteroatoms. The predicted molar refractivity (Wildman–Crippen MR) is 266 cm³/mol. The zero-order valence-electron chi connectivity index (χ0n) is 37.5. The quantitative estimate of drug-likeness (QED) is 0.164. The van der Waals surface area contributed by atoms with Gasteiger partial charge in [0.1, 0.15) is 0 Å². The van der Waals surface area contributed by atoms with Crippen molar-refractivity contribution >= 4 is 62.9 Å². The molecule has 7 aromatic carbocycles. The summed E-state index contributed by atoms with van der Waals surface area (Å²) in [6, 6.07) is 59.2. The highest BCUT2D eigenvalue weighted by molar-refractivity contribution is 7.00. The first-order valence-electron chi connectivity index (χ1n) is 23.8. The molecule has 4 atom stereocenters. The van der Waals surface area contributed by atoms with Crippen LogP contribution in [0.1, 0.15) is 100.0 Å². The molecular formula is C59H56BN3. The molecule has 13 rings (SSSR count). The number of fused-ring (bicyclic) bond motifs is 10. The molecule has 63 heavy (non-hydrogen) atoms. The summed E-state index contributed by atoms with van der Waals surface area (Å²) < 4.78 is 0. The van der Waals surface area contributed by atoms with Gasteiger partial charge in [0.25, 0.3) is 6.71 Å². The number of hydrogen-bond acceptors (Lipinski definition) is 3. The second-order valence-corrected chi connectivity index (χ2v) is 20.6. The van der Waals surface area contributed by atoms with Crippen molar-refractivity contribution in [3.8, 4) is 11.1 Å². The lowest BCUT2D eigenvalue weighted by Crippen LogP contribution is -2.64. The summed E-state index contributed by atoms with van der Waals surface area (Å²) in [5, 5.41) is 0.